The van der Waals surface area contributed by atoms with E-state index in [9.17, 15) is 0 Å². The van der Waals surface area contributed by atoms with E-state index in [1.165, 1.54) is 38.2 Å². The van der Waals surface area contributed by atoms with Crippen LogP contribution in [-0.2, 0) is 0 Å². The molecule has 1 saturated heterocycles. The maximum atomic E-state index is 3.73. The Morgan fingerprint density at radius 2 is 2.46 bits per heavy atom. The minimum atomic E-state index is 1.10. The van der Waals surface area contributed by atoms with Crippen LogP contribution in [0.5, 0.6) is 0 Å². The van der Waals surface area contributed by atoms with Gasteiger partial charge in [-0.25, -0.2) is 0 Å². The van der Waals surface area contributed by atoms with Crippen molar-refractivity contribution in [2.45, 2.75) is 26.2 Å². The highest BCUT2D eigenvalue weighted by molar-refractivity contribution is 5.09. The van der Waals surface area contributed by atoms with Crippen molar-refractivity contribution < 1.29 is 0 Å². The fourth-order valence-corrected chi connectivity index (χ4v) is 1.58. The molecule has 1 heterocycles. The Kier molecular flexibility index (Phi) is 4.44. The van der Waals surface area contributed by atoms with E-state index < -0.39 is 0 Å². The highest BCUT2D eigenvalue weighted by Gasteiger charge is 2.11. The van der Waals surface area contributed by atoms with Gasteiger partial charge in [-0.15, -0.1) is 0 Å². The van der Waals surface area contributed by atoms with Gasteiger partial charge in [0, 0.05) is 19.6 Å². The van der Waals surface area contributed by atoms with Crippen molar-refractivity contribution in [1.82, 2.24) is 10.2 Å². The second kappa shape index (κ2) is 5.68. The summed E-state index contributed by atoms with van der Waals surface area (Å²) < 4.78 is 0. The van der Waals surface area contributed by atoms with Gasteiger partial charge in [-0.2, -0.15) is 0 Å². The molecule has 0 spiro atoms. The molecule has 2 nitrogen and oxygen atoms in total. The van der Waals surface area contributed by atoms with Crippen molar-refractivity contribution in [3.63, 3.8) is 0 Å². The van der Waals surface area contributed by atoms with E-state index in [1.54, 1.807) is 0 Å². The van der Waals surface area contributed by atoms with Crippen LogP contribution < -0.4 is 5.32 Å². The van der Waals surface area contributed by atoms with Crippen LogP contribution in [0.15, 0.2) is 24.6 Å². The van der Waals surface area contributed by atoms with Crippen molar-refractivity contribution in [1.29, 1.82) is 0 Å². The maximum absolute atomic E-state index is 3.73. The van der Waals surface area contributed by atoms with Crippen LogP contribution in [0.3, 0.4) is 0 Å². The molecule has 0 atom stereocenters. The van der Waals surface area contributed by atoms with Crippen LogP contribution >= 0.6 is 0 Å². The van der Waals surface area contributed by atoms with Crippen LogP contribution in [0.25, 0.3) is 0 Å². The summed E-state index contributed by atoms with van der Waals surface area (Å²) in [6, 6.07) is 0. The maximum Gasteiger partial charge on any atom is 0.101 e. The molecule has 74 valence electrons. The molecule has 1 N–H and O–H groups in total. The van der Waals surface area contributed by atoms with Gasteiger partial charge in [0.2, 0.25) is 0 Å². The molecule has 0 radical (unpaired) electrons. The predicted molar refractivity (Wildman–Crippen MR) is 57.4 cm³/mol. The first-order valence-corrected chi connectivity index (χ1v) is 5.20. The molecule has 0 bridgehead atoms. The van der Waals surface area contributed by atoms with Gasteiger partial charge in [0.05, 0.1) is 0 Å². The first kappa shape index (κ1) is 10.2. The first-order valence-electron chi connectivity index (χ1n) is 5.20. The number of nitrogens with one attached hydrogen (secondary N) is 1. The lowest BCUT2D eigenvalue weighted by atomic mass is 10.2. The van der Waals surface area contributed by atoms with Gasteiger partial charge < -0.3 is 10.2 Å². The average Bonchev–Trinajstić information content (AvgIpc) is 2.17. The smallest absolute Gasteiger partial charge is 0.101 e. The summed E-state index contributed by atoms with van der Waals surface area (Å²) >= 11 is 0. The number of unbranched alkanes of at least 4 members (excludes halogenated alkanes) is 1. The highest BCUT2D eigenvalue weighted by Crippen LogP contribution is 2.09. The zero-order valence-corrected chi connectivity index (χ0v) is 8.55. The monoisotopic (exact) mass is 180 g/mol. The lowest BCUT2D eigenvalue weighted by molar-refractivity contribution is 0.277. The van der Waals surface area contributed by atoms with E-state index in [4.69, 9.17) is 0 Å². The van der Waals surface area contributed by atoms with Gasteiger partial charge in [-0.05, 0) is 18.9 Å². The molecule has 0 saturated carbocycles. The van der Waals surface area contributed by atoms with E-state index in [0.717, 1.165) is 6.54 Å². The van der Waals surface area contributed by atoms with Gasteiger partial charge in [0.25, 0.3) is 0 Å². The Morgan fingerprint density at radius 3 is 3.15 bits per heavy atom. The minimum Gasteiger partial charge on any atom is -0.372 e. The molecule has 0 amide bonds. The minimum absolute atomic E-state index is 1.10. The number of hydrogen-bond donors (Lipinski definition) is 1. The van der Waals surface area contributed by atoms with Gasteiger partial charge in [-0.1, -0.05) is 26.0 Å². The number of nitrogens with zero attached hydrogens (tertiary/aromatic N) is 1. The number of allylic oxidation sites excluding steroid dienone is 2. The number of hydrogen-bond acceptors (Lipinski definition) is 2. The molecule has 0 aromatic carbocycles. The van der Waals surface area contributed by atoms with Crippen molar-refractivity contribution in [2.24, 2.45) is 0 Å². The topological polar surface area (TPSA) is 15.3 Å². The third-order valence-electron chi connectivity index (χ3n) is 2.31. The van der Waals surface area contributed by atoms with Crippen molar-refractivity contribution in [3.8, 4) is 0 Å². The molecular formula is C11H20N2. The molecule has 2 heteroatoms. The lowest BCUT2D eigenvalue weighted by Gasteiger charge is -2.32. The largest absolute Gasteiger partial charge is 0.372 e. The molecule has 1 rings (SSSR count). The third kappa shape index (κ3) is 3.13. The summed E-state index contributed by atoms with van der Waals surface area (Å²) in [5.74, 6) is 1.25. The van der Waals surface area contributed by atoms with Crippen molar-refractivity contribution in [3.05, 3.63) is 24.6 Å². The van der Waals surface area contributed by atoms with Crippen molar-refractivity contribution in [2.75, 3.05) is 19.6 Å². The predicted octanol–water partition coefficient (Wildman–Crippen LogP) is 2.11. The van der Waals surface area contributed by atoms with E-state index >= 15 is 0 Å². The van der Waals surface area contributed by atoms with Crippen LogP contribution in [0.1, 0.15) is 26.2 Å². The van der Waals surface area contributed by atoms with E-state index in [-0.39, 0.29) is 0 Å². The van der Waals surface area contributed by atoms with Crippen molar-refractivity contribution >= 4 is 0 Å². The van der Waals surface area contributed by atoms with Crippen LogP contribution in [0.4, 0.5) is 0 Å². The standard InChI is InChI=1S/C11H20N2/c1-3-5-9-13-10-6-8-12-11(13)7-4-2/h4,7,12H,2-3,5-6,8-10H2,1H3/b11-7+. The molecule has 0 aliphatic carbocycles. The molecular weight excluding hydrogens is 160 g/mol. The fourth-order valence-electron chi connectivity index (χ4n) is 1.58. The molecule has 0 aromatic heterocycles. The molecule has 0 aromatic rings. The summed E-state index contributed by atoms with van der Waals surface area (Å²) in [4.78, 5) is 2.41. The Morgan fingerprint density at radius 1 is 1.62 bits per heavy atom. The second-order valence-electron chi connectivity index (χ2n) is 3.41. The van der Waals surface area contributed by atoms with Crippen LogP contribution in [0.2, 0.25) is 0 Å². The summed E-state index contributed by atoms with van der Waals surface area (Å²) in [5.41, 5.74) is 0. The van der Waals surface area contributed by atoms with Gasteiger partial charge >= 0.3 is 0 Å². The lowest BCUT2D eigenvalue weighted by Crippen LogP contribution is -2.39. The zero-order valence-electron chi connectivity index (χ0n) is 8.55. The molecule has 13 heavy (non-hydrogen) atoms. The molecule has 0 unspecified atom stereocenters. The summed E-state index contributed by atoms with van der Waals surface area (Å²) in [5, 5.41) is 3.39. The fraction of sp³-hybridized carbons (Fsp3) is 0.636. The summed E-state index contributed by atoms with van der Waals surface area (Å²) in [7, 11) is 0. The zero-order chi connectivity index (χ0) is 9.52. The van der Waals surface area contributed by atoms with Crippen LogP contribution in [-0.4, -0.2) is 24.5 Å². The van der Waals surface area contributed by atoms with Gasteiger partial charge in [-0.3, -0.25) is 0 Å². The van der Waals surface area contributed by atoms with E-state index in [2.05, 4.69) is 29.8 Å². The Bertz CT molecular complexity index is 185. The number of rotatable bonds is 4. The summed E-state index contributed by atoms with van der Waals surface area (Å²) in [6.45, 7) is 9.41. The van der Waals surface area contributed by atoms with E-state index in [0.29, 0.717) is 0 Å². The Balaban J connectivity index is 2.46. The first-order chi connectivity index (χ1) is 6.38. The quantitative estimate of drug-likeness (QED) is 0.713. The summed E-state index contributed by atoms with van der Waals surface area (Å²) in [6.07, 6.45) is 7.70. The van der Waals surface area contributed by atoms with Crippen LogP contribution in [0, 0.1) is 0 Å². The average molecular weight is 180 g/mol. The Hall–Kier alpha value is -0.920. The highest BCUT2D eigenvalue weighted by atomic mass is 15.3. The molecule has 1 fully saturated rings. The van der Waals surface area contributed by atoms with Gasteiger partial charge in [0.1, 0.15) is 5.82 Å². The van der Waals surface area contributed by atoms with E-state index in [1.807, 2.05) is 6.08 Å². The molecule has 1 aliphatic heterocycles. The normalized spacial score (nSPS) is 20.1. The Labute approximate surface area is 81.3 Å². The molecule has 1 aliphatic rings. The van der Waals surface area contributed by atoms with Gasteiger partial charge in [0.15, 0.2) is 0 Å². The SMILES string of the molecule is C=C/C=C1\NCCCN1CCCC. The second-order valence-corrected chi connectivity index (χ2v) is 3.41. The third-order valence-corrected chi connectivity index (χ3v) is 2.31.